The molecule has 0 aliphatic carbocycles. The smallest absolute Gasteiger partial charge is 0.339 e. The first-order chi connectivity index (χ1) is 12.1. The molecule has 0 aromatic heterocycles. The van der Waals surface area contributed by atoms with E-state index in [-0.39, 0.29) is 18.3 Å². The molecule has 4 rings (SSSR count). The van der Waals surface area contributed by atoms with Crippen LogP contribution in [0, 0.1) is 6.92 Å². The van der Waals surface area contributed by atoms with Crippen LogP contribution in [0.3, 0.4) is 0 Å². The Morgan fingerprint density at radius 3 is 2.64 bits per heavy atom. The van der Waals surface area contributed by atoms with Crippen molar-refractivity contribution in [2.75, 3.05) is 13.1 Å². The summed E-state index contributed by atoms with van der Waals surface area (Å²) in [5, 5.41) is 0. The van der Waals surface area contributed by atoms with Crippen LogP contribution < -0.4 is 0 Å². The molecule has 2 atom stereocenters. The first kappa shape index (κ1) is 15.9. The molecule has 2 aromatic rings. The molecule has 1 amide bonds. The van der Waals surface area contributed by atoms with Crippen LogP contribution in [-0.4, -0.2) is 29.9 Å². The summed E-state index contributed by atoms with van der Waals surface area (Å²) >= 11 is 0. The zero-order valence-electron chi connectivity index (χ0n) is 14.3. The van der Waals surface area contributed by atoms with Crippen LogP contribution in [0.15, 0.2) is 48.5 Å². The lowest BCUT2D eigenvalue weighted by Gasteiger charge is -2.19. The molecule has 1 fully saturated rings. The third-order valence-electron chi connectivity index (χ3n) is 5.31. The van der Waals surface area contributed by atoms with Crippen molar-refractivity contribution in [3.63, 3.8) is 0 Å². The number of carbonyl (C=O) groups is 2. The molecule has 4 nitrogen and oxygen atoms in total. The molecule has 2 heterocycles. The maximum atomic E-state index is 12.7. The SMILES string of the molecule is Cc1ccccc1[C@H]1CCN(C(=O)C[C@@H]2OC(=O)c3ccccc32)C1. The van der Waals surface area contributed by atoms with Crippen LogP contribution in [0.25, 0.3) is 0 Å². The molecule has 128 valence electrons. The zero-order chi connectivity index (χ0) is 17.4. The van der Waals surface area contributed by atoms with Crippen molar-refractivity contribution in [3.05, 3.63) is 70.8 Å². The normalized spacial score (nSPS) is 22.0. The number of fused-ring (bicyclic) bond motifs is 1. The number of benzene rings is 2. The van der Waals surface area contributed by atoms with Crippen LogP contribution in [0.4, 0.5) is 0 Å². The number of hydrogen-bond donors (Lipinski definition) is 0. The minimum Gasteiger partial charge on any atom is -0.453 e. The van der Waals surface area contributed by atoms with E-state index in [1.807, 2.05) is 29.2 Å². The molecule has 0 bridgehead atoms. The summed E-state index contributed by atoms with van der Waals surface area (Å²) in [5.41, 5.74) is 4.02. The summed E-state index contributed by atoms with van der Waals surface area (Å²) < 4.78 is 5.41. The van der Waals surface area contributed by atoms with Gasteiger partial charge in [0.15, 0.2) is 0 Å². The first-order valence-corrected chi connectivity index (χ1v) is 8.76. The lowest BCUT2D eigenvalue weighted by Crippen LogP contribution is -2.29. The Morgan fingerprint density at radius 2 is 1.84 bits per heavy atom. The van der Waals surface area contributed by atoms with Crippen LogP contribution in [0.5, 0.6) is 0 Å². The molecule has 1 saturated heterocycles. The maximum absolute atomic E-state index is 12.7. The van der Waals surface area contributed by atoms with E-state index in [1.165, 1.54) is 11.1 Å². The quantitative estimate of drug-likeness (QED) is 0.805. The Hall–Kier alpha value is -2.62. The van der Waals surface area contributed by atoms with Gasteiger partial charge in [0.05, 0.1) is 12.0 Å². The van der Waals surface area contributed by atoms with E-state index in [0.717, 1.165) is 25.1 Å². The first-order valence-electron chi connectivity index (χ1n) is 8.76. The Labute approximate surface area is 147 Å². The highest BCUT2D eigenvalue weighted by atomic mass is 16.5. The average molecular weight is 335 g/mol. The van der Waals surface area contributed by atoms with Crippen molar-refractivity contribution in [1.82, 2.24) is 4.90 Å². The molecule has 4 heteroatoms. The molecule has 2 aromatic carbocycles. The minimum absolute atomic E-state index is 0.0607. The van der Waals surface area contributed by atoms with Gasteiger partial charge in [-0.05, 0) is 30.5 Å². The highest BCUT2D eigenvalue weighted by Crippen LogP contribution is 2.35. The Bertz CT molecular complexity index is 829. The van der Waals surface area contributed by atoms with E-state index in [0.29, 0.717) is 11.5 Å². The lowest BCUT2D eigenvalue weighted by atomic mass is 9.94. The summed E-state index contributed by atoms with van der Waals surface area (Å²) in [6.45, 7) is 3.63. The van der Waals surface area contributed by atoms with Gasteiger partial charge in [0.2, 0.25) is 5.91 Å². The summed E-state index contributed by atoms with van der Waals surface area (Å²) in [6, 6.07) is 15.7. The number of cyclic esters (lactones) is 1. The molecule has 0 spiro atoms. The number of esters is 1. The van der Waals surface area contributed by atoms with E-state index in [1.54, 1.807) is 6.07 Å². The fraction of sp³-hybridized carbons (Fsp3) is 0.333. The largest absolute Gasteiger partial charge is 0.453 e. The van der Waals surface area contributed by atoms with E-state index < -0.39 is 6.10 Å². The number of ether oxygens (including phenoxy) is 1. The van der Waals surface area contributed by atoms with E-state index in [9.17, 15) is 9.59 Å². The predicted molar refractivity (Wildman–Crippen MR) is 94.3 cm³/mol. The Morgan fingerprint density at radius 1 is 1.12 bits per heavy atom. The van der Waals surface area contributed by atoms with Gasteiger partial charge in [0, 0.05) is 24.6 Å². The van der Waals surface area contributed by atoms with Crippen molar-refractivity contribution < 1.29 is 14.3 Å². The van der Waals surface area contributed by atoms with Crippen molar-refractivity contribution in [2.24, 2.45) is 0 Å². The minimum atomic E-state index is -0.450. The van der Waals surface area contributed by atoms with Gasteiger partial charge in [-0.2, -0.15) is 0 Å². The lowest BCUT2D eigenvalue weighted by molar-refractivity contribution is -0.132. The van der Waals surface area contributed by atoms with Crippen LogP contribution >= 0.6 is 0 Å². The van der Waals surface area contributed by atoms with Gasteiger partial charge in [-0.1, -0.05) is 42.5 Å². The van der Waals surface area contributed by atoms with Crippen LogP contribution in [-0.2, 0) is 9.53 Å². The predicted octanol–water partition coefficient (Wildman–Crippen LogP) is 3.61. The van der Waals surface area contributed by atoms with Crippen LogP contribution in [0.1, 0.15) is 51.9 Å². The molecule has 0 saturated carbocycles. The van der Waals surface area contributed by atoms with Gasteiger partial charge < -0.3 is 9.64 Å². The highest BCUT2D eigenvalue weighted by molar-refractivity contribution is 5.94. The van der Waals surface area contributed by atoms with Gasteiger partial charge in [0.1, 0.15) is 6.10 Å². The Kier molecular flexibility index (Phi) is 4.04. The van der Waals surface area contributed by atoms with E-state index >= 15 is 0 Å². The third kappa shape index (κ3) is 2.93. The topological polar surface area (TPSA) is 46.6 Å². The Balaban J connectivity index is 1.43. The molecule has 0 N–H and O–H groups in total. The molecule has 0 radical (unpaired) electrons. The van der Waals surface area contributed by atoms with E-state index in [2.05, 4.69) is 25.1 Å². The van der Waals surface area contributed by atoms with Crippen molar-refractivity contribution in [2.45, 2.75) is 31.8 Å². The molecule has 25 heavy (non-hydrogen) atoms. The molecular weight excluding hydrogens is 314 g/mol. The summed E-state index contributed by atoms with van der Waals surface area (Å²) in [6.07, 6.45) is 0.759. The van der Waals surface area contributed by atoms with Gasteiger partial charge >= 0.3 is 5.97 Å². The van der Waals surface area contributed by atoms with Gasteiger partial charge in [0.25, 0.3) is 0 Å². The number of carbonyl (C=O) groups excluding carboxylic acids is 2. The number of likely N-dealkylation sites (tertiary alicyclic amines) is 1. The van der Waals surface area contributed by atoms with Crippen molar-refractivity contribution in [3.8, 4) is 0 Å². The molecule has 2 aliphatic heterocycles. The summed E-state index contributed by atoms with van der Waals surface area (Å²) in [5.74, 6) is 0.127. The molecule has 2 aliphatic rings. The monoisotopic (exact) mass is 335 g/mol. The summed E-state index contributed by atoms with van der Waals surface area (Å²) in [4.78, 5) is 26.5. The summed E-state index contributed by atoms with van der Waals surface area (Å²) in [7, 11) is 0. The fourth-order valence-electron chi connectivity index (χ4n) is 3.94. The van der Waals surface area contributed by atoms with Gasteiger partial charge in [-0.25, -0.2) is 4.79 Å². The van der Waals surface area contributed by atoms with Crippen molar-refractivity contribution in [1.29, 1.82) is 0 Å². The van der Waals surface area contributed by atoms with Crippen molar-refractivity contribution >= 4 is 11.9 Å². The van der Waals surface area contributed by atoms with Crippen LogP contribution in [0.2, 0.25) is 0 Å². The number of hydrogen-bond acceptors (Lipinski definition) is 3. The number of amides is 1. The fourth-order valence-corrected chi connectivity index (χ4v) is 3.94. The maximum Gasteiger partial charge on any atom is 0.339 e. The zero-order valence-corrected chi connectivity index (χ0v) is 14.3. The molecule has 0 unspecified atom stereocenters. The second-order valence-electron chi connectivity index (χ2n) is 6.87. The number of aryl methyl sites for hydroxylation is 1. The third-order valence-corrected chi connectivity index (χ3v) is 5.31. The van der Waals surface area contributed by atoms with Gasteiger partial charge in [-0.3, -0.25) is 4.79 Å². The second-order valence-corrected chi connectivity index (χ2v) is 6.87. The second kappa shape index (κ2) is 6.36. The molecular formula is C21H21NO3. The average Bonchev–Trinajstić information content (AvgIpc) is 3.22. The number of nitrogens with zero attached hydrogens (tertiary/aromatic N) is 1. The highest BCUT2D eigenvalue weighted by Gasteiger charge is 2.35. The standard InChI is InChI=1S/C21H21NO3/c1-14-6-2-3-7-16(14)15-10-11-22(13-15)20(23)12-19-17-8-4-5-9-18(17)21(24)25-19/h2-9,15,19H,10-13H2,1H3/t15-,19-/m0/s1. The van der Waals surface area contributed by atoms with Gasteiger partial charge in [-0.15, -0.1) is 0 Å². The number of rotatable bonds is 3. The van der Waals surface area contributed by atoms with E-state index in [4.69, 9.17) is 4.74 Å².